The van der Waals surface area contributed by atoms with Gasteiger partial charge in [-0.25, -0.2) is 4.98 Å². The largest absolute Gasteiger partial charge is 0.357 e. The molecule has 0 atom stereocenters. The number of carbonyl (C=O) groups is 1. The van der Waals surface area contributed by atoms with Gasteiger partial charge in [-0.1, -0.05) is 0 Å². The molecule has 2 aromatic rings. The average molecular weight is 427 g/mol. The highest BCUT2D eigenvalue weighted by atomic mass is 35.5. The van der Waals surface area contributed by atoms with Crippen LogP contribution in [0.4, 0.5) is 11.5 Å². The molecule has 0 saturated carbocycles. The van der Waals surface area contributed by atoms with Crippen LogP contribution in [0.1, 0.15) is 32.1 Å². The number of halogens is 2. The monoisotopic (exact) mass is 426 g/mol. The van der Waals surface area contributed by atoms with Crippen molar-refractivity contribution in [1.82, 2.24) is 20.1 Å². The molecule has 0 radical (unpaired) electrons. The average Bonchev–Trinajstić information content (AvgIpc) is 3.25. The van der Waals surface area contributed by atoms with Gasteiger partial charge in [0, 0.05) is 25.5 Å². The van der Waals surface area contributed by atoms with E-state index in [1.807, 2.05) is 24.4 Å². The number of carbonyl (C=O) groups excluding carboxylic acids is 1. The molecule has 0 unspecified atom stereocenters. The summed E-state index contributed by atoms with van der Waals surface area (Å²) in [5.41, 5.74) is 0.0983. The van der Waals surface area contributed by atoms with Gasteiger partial charge in [0.2, 0.25) is 0 Å². The fraction of sp³-hybridized carbons (Fsp3) is 0.526. The first-order valence-corrected chi connectivity index (χ1v) is 9.51. The van der Waals surface area contributed by atoms with Crippen molar-refractivity contribution < 1.29 is 4.79 Å². The molecule has 0 bridgehead atoms. The minimum Gasteiger partial charge on any atom is -0.357 e. The molecule has 0 aromatic carbocycles. The maximum atomic E-state index is 13.1. The third kappa shape index (κ3) is 4.59. The van der Waals surface area contributed by atoms with E-state index in [1.54, 1.807) is 17.1 Å². The molecule has 1 amide bonds. The van der Waals surface area contributed by atoms with Crippen LogP contribution in [0.3, 0.4) is 0 Å². The number of piperidine rings is 2. The van der Waals surface area contributed by atoms with Crippen LogP contribution in [0.25, 0.3) is 0 Å². The molecular formula is C19H28Cl2N6O. The number of anilines is 2. The molecular weight excluding hydrogens is 399 g/mol. The lowest BCUT2D eigenvalue weighted by molar-refractivity contribution is -0.126. The highest BCUT2D eigenvalue weighted by Gasteiger charge is 2.42. The summed E-state index contributed by atoms with van der Waals surface area (Å²) in [6.45, 7) is 3.74. The van der Waals surface area contributed by atoms with Crippen molar-refractivity contribution in [2.45, 2.75) is 37.6 Å². The Hall–Kier alpha value is -1.83. The van der Waals surface area contributed by atoms with E-state index >= 15 is 0 Å². The zero-order chi connectivity index (χ0) is 17.8. The SMILES string of the molecule is Cl.Cl.O=C(Nc1ccc(N2CCCCC2)nc1)C1(n2cccn2)CCNCC1. The summed E-state index contributed by atoms with van der Waals surface area (Å²) in [6.07, 6.45) is 10.6. The van der Waals surface area contributed by atoms with E-state index in [1.165, 1.54) is 19.3 Å². The van der Waals surface area contributed by atoms with Crippen molar-refractivity contribution in [2.75, 3.05) is 36.4 Å². The summed E-state index contributed by atoms with van der Waals surface area (Å²) in [4.78, 5) is 20.0. The van der Waals surface area contributed by atoms with Crippen molar-refractivity contribution in [1.29, 1.82) is 0 Å². The Morgan fingerprint density at radius 2 is 1.86 bits per heavy atom. The standard InChI is InChI=1S/C19H26N6O.2ClH/c26-18(19(7-10-20-11-8-19)25-14-4-9-22-25)23-16-5-6-17(21-15-16)24-12-2-1-3-13-24;;/h4-6,9,14-15,20H,1-3,7-8,10-13H2,(H,23,26);2*1H. The van der Waals surface area contributed by atoms with Crippen LogP contribution in [0.15, 0.2) is 36.8 Å². The van der Waals surface area contributed by atoms with E-state index in [4.69, 9.17) is 0 Å². The van der Waals surface area contributed by atoms with Gasteiger partial charge in [-0.2, -0.15) is 5.10 Å². The van der Waals surface area contributed by atoms with Crippen LogP contribution in [0, 0.1) is 0 Å². The smallest absolute Gasteiger partial charge is 0.252 e. The molecule has 4 rings (SSSR count). The summed E-state index contributed by atoms with van der Waals surface area (Å²) in [6, 6.07) is 5.82. The van der Waals surface area contributed by atoms with Gasteiger partial charge in [0.25, 0.3) is 5.91 Å². The van der Waals surface area contributed by atoms with Crippen molar-refractivity contribution in [3.8, 4) is 0 Å². The van der Waals surface area contributed by atoms with Gasteiger partial charge in [-0.15, -0.1) is 24.8 Å². The van der Waals surface area contributed by atoms with Crippen molar-refractivity contribution in [3.05, 3.63) is 36.8 Å². The van der Waals surface area contributed by atoms with E-state index in [2.05, 4.69) is 25.6 Å². The molecule has 2 aromatic heterocycles. The van der Waals surface area contributed by atoms with Gasteiger partial charge in [-0.05, 0) is 63.4 Å². The Balaban J connectivity index is 0.00000140. The lowest BCUT2D eigenvalue weighted by Crippen LogP contribution is -2.52. The van der Waals surface area contributed by atoms with E-state index in [0.717, 1.165) is 50.5 Å². The van der Waals surface area contributed by atoms with Crippen LogP contribution >= 0.6 is 24.8 Å². The summed E-state index contributed by atoms with van der Waals surface area (Å²) in [5, 5.41) is 10.7. The first-order valence-electron chi connectivity index (χ1n) is 9.51. The first kappa shape index (κ1) is 22.5. The third-order valence-corrected chi connectivity index (χ3v) is 5.48. The van der Waals surface area contributed by atoms with Gasteiger partial charge in [-0.3, -0.25) is 9.48 Å². The summed E-state index contributed by atoms with van der Waals surface area (Å²) in [5.74, 6) is 0.974. The molecule has 2 aliphatic rings. The second-order valence-corrected chi connectivity index (χ2v) is 7.14. The molecule has 2 N–H and O–H groups in total. The zero-order valence-corrected chi connectivity index (χ0v) is 17.5. The zero-order valence-electron chi connectivity index (χ0n) is 15.8. The van der Waals surface area contributed by atoms with E-state index in [-0.39, 0.29) is 30.7 Å². The first-order chi connectivity index (χ1) is 12.8. The molecule has 2 saturated heterocycles. The predicted octanol–water partition coefficient (Wildman–Crippen LogP) is 2.83. The number of rotatable bonds is 4. The van der Waals surface area contributed by atoms with E-state index in [9.17, 15) is 4.79 Å². The van der Waals surface area contributed by atoms with Gasteiger partial charge >= 0.3 is 0 Å². The van der Waals surface area contributed by atoms with Crippen LogP contribution in [-0.4, -0.2) is 46.9 Å². The Kier molecular flexibility index (Phi) is 8.10. The molecule has 2 aliphatic heterocycles. The second kappa shape index (κ2) is 10.1. The number of nitrogens with zero attached hydrogens (tertiary/aromatic N) is 4. The number of nitrogens with one attached hydrogen (secondary N) is 2. The Labute approximate surface area is 178 Å². The van der Waals surface area contributed by atoms with Gasteiger partial charge in [0.15, 0.2) is 0 Å². The quantitative estimate of drug-likeness (QED) is 0.785. The minimum atomic E-state index is -0.639. The molecule has 0 spiro atoms. The second-order valence-electron chi connectivity index (χ2n) is 7.14. The number of hydrogen-bond donors (Lipinski definition) is 2. The Morgan fingerprint density at radius 3 is 2.46 bits per heavy atom. The minimum absolute atomic E-state index is 0. The molecule has 4 heterocycles. The van der Waals surface area contributed by atoms with Gasteiger partial charge in [0.1, 0.15) is 11.4 Å². The number of aromatic nitrogens is 3. The molecule has 154 valence electrons. The van der Waals surface area contributed by atoms with Crippen LogP contribution in [0.2, 0.25) is 0 Å². The van der Waals surface area contributed by atoms with Crippen LogP contribution in [-0.2, 0) is 10.3 Å². The summed E-state index contributed by atoms with van der Waals surface area (Å²) < 4.78 is 1.80. The molecule has 9 heteroatoms. The summed E-state index contributed by atoms with van der Waals surface area (Å²) >= 11 is 0. The van der Waals surface area contributed by atoms with E-state index in [0.29, 0.717) is 0 Å². The van der Waals surface area contributed by atoms with Crippen LogP contribution < -0.4 is 15.5 Å². The van der Waals surface area contributed by atoms with Crippen molar-refractivity contribution >= 4 is 42.2 Å². The van der Waals surface area contributed by atoms with Crippen LogP contribution in [0.5, 0.6) is 0 Å². The van der Waals surface area contributed by atoms with E-state index < -0.39 is 5.54 Å². The molecule has 0 aliphatic carbocycles. The van der Waals surface area contributed by atoms with Crippen molar-refractivity contribution in [2.24, 2.45) is 0 Å². The topological polar surface area (TPSA) is 75.1 Å². The predicted molar refractivity (Wildman–Crippen MR) is 116 cm³/mol. The molecule has 28 heavy (non-hydrogen) atoms. The highest BCUT2D eigenvalue weighted by molar-refractivity contribution is 5.96. The molecule has 2 fully saturated rings. The van der Waals surface area contributed by atoms with Gasteiger partial charge in [0.05, 0.1) is 11.9 Å². The lowest BCUT2D eigenvalue weighted by atomic mass is 9.87. The number of pyridine rings is 1. The lowest BCUT2D eigenvalue weighted by Gasteiger charge is -2.36. The fourth-order valence-corrected chi connectivity index (χ4v) is 3.94. The number of hydrogen-bond acceptors (Lipinski definition) is 5. The Bertz CT molecular complexity index is 725. The van der Waals surface area contributed by atoms with Gasteiger partial charge < -0.3 is 15.5 Å². The maximum absolute atomic E-state index is 13.1. The fourth-order valence-electron chi connectivity index (χ4n) is 3.94. The maximum Gasteiger partial charge on any atom is 0.252 e. The summed E-state index contributed by atoms with van der Waals surface area (Å²) in [7, 11) is 0. The highest BCUT2D eigenvalue weighted by Crippen LogP contribution is 2.29. The Morgan fingerprint density at radius 1 is 1.11 bits per heavy atom. The third-order valence-electron chi connectivity index (χ3n) is 5.48. The normalized spacial score (nSPS) is 18.5. The molecule has 7 nitrogen and oxygen atoms in total. The number of amides is 1. The van der Waals surface area contributed by atoms with Crippen molar-refractivity contribution in [3.63, 3.8) is 0 Å².